The van der Waals surface area contributed by atoms with Crippen molar-refractivity contribution in [2.24, 2.45) is 0 Å². The molecule has 0 aromatic carbocycles. The van der Waals surface area contributed by atoms with Crippen LogP contribution in [-0.4, -0.2) is 6.04 Å². The van der Waals surface area contributed by atoms with Gasteiger partial charge in [-0.15, -0.1) is 0 Å². The molecule has 56 valence electrons. The van der Waals surface area contributed by atoms with Crippen LogP contribution in [0.25, 0.3) is 0 Å². The summed E-state index contributed by atoms with van der Waals surface area (Å²) >= 11 is 0. The Balaban J connectivity index is 2.68. The lowest BCUT2D eigenvalue weighted by Crippen LogP contribution is -2.22. The fraction of sp³-hybridized carbons (Fsp3) is 0.429. The van der Waals surface area contributed by atoms with Gasteiger partial charge in [0.05, 0.1) is 12.0 Å². The number of hydrogen-bond donors (Lipinski definition) is 0. The molecule has 3 heteroatoms. The number of anilines is 1. The lowest BCUT2D eigenvalue weighted by atomic mass is 10.3. The summed E-state index contributed by atoms with van der Waals surface area (Å²) < 4.78 is 4.74. The average Bonchev–Trinajstić information content (AvgIpc) is 2.36. The van der Waals surface area contributed by atoms with Crippen LogP contribution < -0.4 is 5.06 Å². The maximum Gasteiger partial charge on any atom is 0.113 e. The molecule has 0 saturated carbocycles. The smallest absolute Gasteiger partial charge is 0.113 e. The van der Waals surface area contributed by atoms with E-state index in [-0.39, 0.29) is 6.04 Å². The molecular weight excluding hydrogens is 130 g/mol. The van der Waals surface area contributed by atoms with Gasteiger partial charge in [-0.1, -0.05) is 0 Å². The van der Waals surface area contributed by atoms with Crippen molar-refractivity contribution < 1.29 is 4.42 Å². The van der Waals surface area contributed by atoms with Crippen molar-refractivity contribution in [1.82, 2.24) is 0 Å². The first-order valence-corrected chi connectivity index (χ1v) is 3.20. The summed E-state index contributed by atoms with van der Waals surface area (Å²) in [7, 11) is 0. The lowest BCUT2D eigenvalue weighted by Gasteiger charge is -2.33. The number of hydrogen-bond acceptors (Lipinski definition) is 3. The predicted molar refractivity (Wildman–Crippen MR) is 39.7 cm³/mol. The van der Waals surface area contributed by atoms with E-state index in [4.69, 9.17) is 4.42 Å². The third kappa shape index (κ3) is 1.30. The Hall–Kier alpha value is -0.960. The normalized spacial score (nSPS) is 10.4. The van der Waals surface area contributed by atoms with Crippen molar-refractivity contribution in [3.8, 4) is 0 Å². The van der Waals surface area contributed by atoms with Crippen LogP contribution in [0.1, 0.15) is 13.8 Å². The molecular formula is C7H10NO2-. The molecule has 0 unspecified atom stereocenters. The first-order valence-electron chi connectivity index (χ1n) is 3.20. The van der Waals surface area contributed by atoms with Crippen LogP contribution in [0.3, 0.4) is 0 Å². The van der Waals surface area contributed by atoms with Crippen molar-refractivity contribution in [3.05, 3.63) is 23.8 Å². The second kappa shape index (κ2) is 2.75. The summed E-state index contributed by atoms with van der Waals surface area (Å²) in [5.41, 5.74) is 0.579. The summed E-state index contributed by atoms with van der Waals surface area (Å²) in [5, 5.41) is 12.0. The third-order valence-corrected chi connectivity index (χ3v) is 1.23. The van der Waals surface area contributed by atoms with E-state index in [1.54, 1.807) is 6.07 Å². The van der Waals surface area contributed by atoms with Crippen LogP contribution in [-0.2, 0) is 0 Å². The molecule has 0 aliphatic rings. The van der Waals surface area contributed by atoms with Gasteiger partial charge < -0.3 is 14.7 Å². The van der Waals surface area contributed by atoms with Crippen molar-refractivity contribution in [2.75, 3.05) is 5.06 Å². The van der Waals surface area contributed by atoms with Crippen LogP contribution in [0.5, 0.6) is 0 Å². The highest BCUT2D eigenvalue weighted by Gasteiger charge is 1.98. The Bertz CT molecular complexity index is 181. The Labute approximate surface area is 59.8 Å². The van der Waals surface area contributed by atoms with E-state index in [0.29, 0.717) is 5.69 Å². The van der Waals surface area contributed by atoms with Gasteiger partial charge in [0.2, 0.25) is 0 Å². The molecule has 1 aromatic heterocycles. The molecule has 0 radical (unpaired) electrons. The molecule has 0 aliphatic heterocycles. The van der Waals surface area contributed by atoms with E-state index in [9.17, 15) is 5.21 Å². The van der Waals surface area contributed by atoms with Crippen molar-refractivity contribution >= 4 is 5.69 Å². The molecule has 1 aromatic rings. The molecule has 10 heavy (non-hydrogen) atoms. The van der Waals surface area contributed by atoms with Gasteiger partial charge in [-0.25, -0.2) is 0 Å². The highest BCUT2D eigenvalue weighted by Crippen LogP contribution is 2.14. The van der Waals surface area contributed by atoms with Crippen LogP contribution >= 0.6 is 0 Å². The number of nitrogens with zero attached hydrogens (tertiary/aromatic N) is 1. The predicted octanol–water partition coefficient (Wildman–Crippen LogP) is 1.99. The third-order valence-electron chi connectivity index (χ3n) is 1.23. The topological polar surface area (TPSA) is 39.4 Å². The van der Waals surface area contributed by atoms with E-state index in [1.165, 1.54) is 12.5 Å². The Morgan fingerprint density at radius 2 is 2.30 bits per heavy atom. The second-order valence-corrected chi connectivity index (χ2v) is 2.40. The zero-order chi connectivity index (χ0) is 7.56. The van der Waals surface area contributed by atoms with Gasteiger partial charge in [-0.05, 0) is 19.9 Å². The van der Waals surface area contributed by atoms with Gasteiger partial charge in [0.15, 0.2) is 0 Å². The molecule has 0 atom stereocenters. The first-order chi connectivity index (χ1) is 4.72. The molecule has 0 aliphatic carbocycles. The molecule has 1 rings (SSSR count). The molecule has 0 bridgehead atoms. The molecule has 1 heterocycles. The van der Waals surface area contributed by atoms with Crippen LogP contribution in [0.15, 0.2) is 23.0 Å². The van der Waals surface area contributed by atoms with E-state index in [1.807, 2.05) is 13.8 Å². The Morgan fingerprint density at radius 1 is 1.60 bits per heavy atom. The van der Waals surface area contributed by atoms with E-state index in [0.717, 1.165) is 5.06 Å². The second-order valence-electron chi connectivity index (χ2n) is 2.40. The summed E-state index contributed by atoms with van der Waals surface area (Å²) in [4.78, 5) is 0. The minimum absolute atomic E-state index is 0.0300. The van der Waals surface area contributed by atoms with Crippen LogP contribution in [0.2, 0.25) is 0 Å². The maximum absolute atomic E-state index is 11.1. The van der Waals surface area contributed by atoms with Gasteiger partial charge in [-0.2, -0.15) is 0 Å². The van der Waals surface area contributed by atoms with E-state index < -0.39 is 0 Å². The Morgan fingerprint density at radius 3 is 2.70 bits per heavy atom. The highest BCUT2D eigenvalue weighted by molar-refractivity contribution is 5.44. The minimum Gasteiger partial charge on any atom is -0.758 e. The standard InChI is InChI=1S/C7H10NO2/c1-6(2)8(9)7-3-4-10-5-7/h3-6H,1-2H3/q-1. The summed E-state index contributed by atoms with van der Waals surface area (Å²) in [6, 6.07) is 1.62. The highest BCUT2D eigenvalue weighted by atomic mass is 16.5. The summed E-state index contributed by atoms with van der Waals surface area (Å²) in [6.45, 7) is 3.67. The van der Waals surface area contributed by atoms with Gasteiger partial charge in [0.25, 0.3) is 0 Å². The van der Waals surface area contributed by atoms with Gasteiger partial charge >= 0.3 is 0 Å². The number of hydroxylamine groups is 1. The van der Waals surface area contributed by atoms with Gasteiger partial charge in [0.1, 0.15) is 6.26 Å². The van der Waals surface area contributed by atoms with Crippen molar-refractivity contribution in [2.45, 2.75) is 19.9 Å². The molecule has 0 N–H and O–H groups in total. The van der Waals surface area contributed by atoms with Crippen molar-refractivity contribution in [1.29, 1.82) is 0 Å². The Kier molecular flexibility index (Phi) is 1.97. The molecule has 3 nitrogen and oxygen atoms in total. The SMILES string of the molecule is CC(C)N([O-])c1ccoc1. The summed E-state index contributed by atoms with van der Waals surface area (Å²) in [5.74, 6) is 0. The maximum atomic E-state index is 11.1. The average molecular weight is 140 g/mol. The van der Waals surface area contributed by atoms with E-state index in [2.05, 4.69) is 0 Å². The monoisotopic (exact) mass is 140 g/mol. The number of furan rings is 1. The summed E-state index contributed by atoms with van der Waals surface area (Å²) in [6.07, 6.45) is 2.93. The zero-order valence-corrected chi connectivity index (χ0v) is 6.07. The largest absolute Gasteiger partial charge is 0.758 e. The zero-order valence-electron chi connectivity index (χ0n) is 6.07. The van der Waals surface area contributed by atoms with Crippen LogP contribution in [0.4, 0.5) is 5.69 Å². The van der Waals surface area contributed by atoms with Crippen molar-refractivity contribution in [3.63, 3.8) is 0 Å². The van der Waals surface area contributed by atoms with Gasteiger partial charge in [0, 0.05) is 6.04 Å². The molecule has 0 saturated heterocycles. The lowest BCUT2D eigenvalue weighted by molar-refractivity contribution is 0.566. The number of rotatable bonds is 2. The fourth-order valence-electron chi connectivity index (χ4n) is 0.681. The van der Waals surface area contributed by atoms with E-state index >= 15 is 0 Å². The molecule has 0 spiro atoms. The molecule has 0 fully saturated rings. The van der Waals surface area contributed by atoms with Crippen LogP contribution in [0, 0.1) is 5.21 Å². The van der Waals surface area contributed by atoms with Gasteiger partial charge in [-0.3, -0.25) is 0 Å². The first kappa shape index (κ1) is 7.15. The molecule has 0 amide bonds. The quantitative estimate of drug-likeness (QED) is 0.590. The minimum atomic E-state index is -0.0300. The fourth-order valence-corrected chi connectivity index (χ4v) is 0.681.